The van der Waals surface area contributed by atoms with E-state index in [-0.39, 0.29) is 17.3 Å². The highest BCUT2D eigenvalue weighted by Crippen LogP contribution is 2.37. The van der Waals surface area contributed by atoms with E-state index < -0.39 is 0 Å². The number of phenolic OH excluding ortho intramolecular Hbond substituents is 1. The number of phenols is 1. The molecule has 0 aliphatic heterocycles. The Hall–Kier alpha value is -3.07. The summed E-state index contributed by atoms with van der Waals surface area (Å²) in [5.74, 6) is 1.12. The number of para-hydroxylation sites is 3. The molecule has 0 radical (unpaired) electrons. The van der Waals surface area contributed by atoms with Crippen molar-refractivity contribution in [2.45, 2.75) is 46.1 Å². The maximum absolute atomic E-state index is 10.7. The van der Waals surface area contributed by atoms with Crippen molar-refractivity contribution in [1.29, 1.82) is 0 Å². The molecule has 3 heteroatoms. The van der Waals surface area contributed by atoms with E-state index in [9.17, 15) is 5.11 Å². The molecule has 150 valence electrons. The van der Waals surface area contributed by atoms with Crippen LogP contribution in [0.5, 0.6) is 11.5 Å². The van der Waals surface area contributed by atoms with E-state index in [2.05, 4.69) is 20.8 Å². The molecule has 29 heavy (non-hydrogen) atoms. The van der Waals surface area contributed by atoms with Gasteiger partial charge in [0.15, 0.2) is 0 Å². The van der Waals surface area contributed by atoms with Crippen LogP contribution in [-0.2, 0) is 5.41 Å². The predicted octanol–water partition coefficient (Wildman–Crippen LogP) is 6.89. The SMILES string of the molecule is CC(C)Oc1ccccc1-c1ccccc1N=Cc1cccc(C(C)(C)C)c1O. The fourth-order valence-electron chi connectivity index (χ4n) is 3.27. The second-order valence-corrected chi connectivity index (χ2v) is 8.43. The molecule has 0 aliphatic rings. The highest BCUT2D eigenvalue weighted by Gasteiger charge is 2.19. The fourth-order valence-corrected chi connectivity index (χ4v) is 3.27. The molecule has 0 fully saturated rings. The van der Waals surface area contributed by atoms with Crippen LogP contribution < -0.4 is 4.74 Å². The van der Waals surface area contributed by atoms with Gasteiger partial charge in [-0.05, 0) is 43.0 Å². The molecule has 0 aromatic heterocycles. The van der Waals surface area contributed by atoms with E-state index in [0.29, 0.717) is 5.56 Å². The molecule has 3 aromatic carbocycles. The van der Waals surface area contributed by atoms with Crippen molar-refractivity contribution < 1.29 is 9.84 Å². The average molecular weight is 388 g/mol. The molecule has 0 atom stereocenters. The van der Waals surface area contributed by atoms with Crippen LogP contribution in [0.1, 0.15) is 45.7 Å². The van der Waals surface area contributed by atoms with Gasteiger partial charge in [-0.1, -0.05) is 69.3 Å². The van der Waals surface area contributed by atoms with Crippen molar-refractivity contribution in [3.05, 3.63) is 77.9 Å². The van der Waals surface area contributed by atoms with Gasteiger partial charge in [-0.25, -0.2) is 0 Å². The molecule has 0 bridgehead atoms. The smallest absolute Gasteiger partial charge is 0.128 e. The van der Waals surface area contributed by atoms with Crippen LogP contribution in [0.25, 0.3) is 11.1 Å². The number of benzene rings is 3. The first-order chi connectivity index (χ1) is 13.8. The molecule has 0 heterocycles. The maximum atomic E-state index is 10.7. The number of rotatable bonds is 5. The summed E-state index contributed by atoms with van der Waals surface area (Å²) in [6, 6.07) is 21.8. The number of ether oxygens (including phenoxy) is 1. The summed E-state index contributed by atoms with van der Waals surface area (Å²) in [5, 5.41) is 10.7. The maximum Gasteiger partial charge on any atom is 0.128 e. The highest BCUT2D eigenvalue weighted by atomic mass is 16.5. The number of aliphatic imine (C=N–C) groups is 1. The first-order valence-corrected chi connectivity index (χ1v) is 9.99. The Kier molecular flexibility index (Phi) is 6.07. The molecule has 0 unspecified atom stereocenters. The second kappa shape index (κ2) is 8.52. The number of hydrogen-bond donors (Lipinski definition) is 1. The summed E-state index contributed by atoms with van der Waals surface area (Å²) < 4.78 is 6.00. The molecular weight excluding hydrogens is 358 g/mol. The van der Waals surface area contributed by atoms with Crippen molar-refractivity contribution in [2.75, 3.05) is 0 Å². The standard InChI is InChI=1S/C26H29NO2/c1-18(2)29-24-16-9-7-13-21(24)20-12-6-8-15-23(20)27-17-19-11-10-14-22(25(19)28)26(3,4)5/h6-18,28H,1-5H3. The third kappa shape index (κ3) is 4.86. The van der Waals surface area contributed by atoms with Crippen molar-refractivity contribution in [2.24, 2.45) is 4.99 Å². The quantitative estimate of drug-likeness (QED) is 0.484. The lowest BCUT2D eigenvalue weighted by atomic mass is 9.85. The van der Waals surface area contributed by atoms with Gasteiger partial charge in [0.05, 0.1) is 11.8 Å². The highest BCUT2D eigenvalue weighted by molar-refractivity contribution is 5.89. The average Bonchev–Trinajstić information content (AvgIpc) is 2.66. The van der Waals surface area contributed by atoms with Crippen molar-refractivity contribution >= 4 is 11.9 Å². The van der Waals surface area contributed by atoms with Gasteiger partial charge < -0.3 is 9.84 Å². The fraction of sp³-hybridized carbons (Fsp3) is 0.269. The van der Waals surface area contributed by atoms with E-state index in [0.717, 1.165) is 28.1 Å². The summed E-state index contributed by atoms with van der Waals surface area (Å²) in [4.78, 5) is 4.72. The van der Waals surface area contributed by atoms with Crippen molar-refractivity contribution in [3.63, 3.8) is 0 Å². The molecule has 0 saturated carbocycles. The summed E-state index contributed by atoms with van der Waals surface area (Å²) in [5.41, 5.74) is 4.30. The Balaban J connectivity index is 2.02. The number of aromatic hydroxyl groups is 1. The predicted molar refractivity (Wildman–Crippen MR) is 122 cm³/mol. The Bertz CT molecular complexity index is 1010. The van der Waals surface area contributed by atoms with Gasteiger partial charge >= 0.3 is 0 Å². The Labute approximate surface area is 173 Å². The normalized spacial score (nSPS) is 11.9. The van der Waals surface area contributed by atoms with Crippen LogP contribution in [-0.4, -0.2) is 17.4 Å². The van der Waals surface area contributed by atoms with Crippen LogP contribution >= 0.6 is 0 Å². The zero-order valence-electron chi connectivity index (χ0n) is 17.8. The van der Waals surface area contributed by atoms with E-state index in [1.165, 1.54) is 0 Å². The van der Waals surface area contributed by atoms with Crippen LogP contribution in [0.4, 0.5) is 5.69 Å². The van der Waals surface area contributed by atoms with Gasteiger partial charge in [0.2, 0.25) is 0 Å². The third-order valence-corrected chi connectivity index (χ3v) is 4.66. The van der Waals surface area contributed by atoms with Crippen molar-refractivity contribution in [1.82, 2.24) is 0 Å². The minimum atomic E-state index is -0.140. The molecule has 0 spiro atoms. The molecule has 1 N–H and O–H groups in total. The molecule has 0 amide bonds. The topological polar surface area (TPSA) is 41.8 Å². The largest absolute Gasteiger partial charge is 0.507 e. The zero-order valence-corrected chi connectivity index (χ0v) is 17.8. The lowest BCUT2D eigenvalue weighted by Gasteiger charge is -2.21. The first kappa shape index (κ1) is 20.7. The zero-order chi connectivity index (χ0) is 21.0. The first-order valence-electron chi connectivity index (χ1n) is 9.99. The number of nitrogens with zero attached hydrogens (tertiary/aromatic N) is 1. The minimum Gasteiger partial charge on any atom is -0.507 e. The van der Waals surface area contributed by atoms with E-state index in [1.54, 1.807) is 6.21 Å². The van der Waals surface area contributed by atoms with Crippen LogP contribution in [0.2, 0.25) is 0 Å². The molecular formula is C26H29NO2. The summed E-state index contributed by atoms with van der Waals surface area (Å²) in [7, 11) is 0. The van der Waals surface area contributed by atoms with Crippen LogP contribution in [0, 0.1) is 0 Å². The van der Waals surface area contributed by atoms with E-state index in [1.807, 2.05) is 80.6 Å². The second-order valence-electron chi connectivity index (χ2n) is 8.43. The van der Waals surface area contributed by atoms with Gasteiger partial charge in [-0.15, -0.1) is 0 Å². The summed E-state index contributed by atoms with van der Waals surface area (Å²) in [6.07, 6.45) is 1.82. The molecule has 3 aromatic rings. The van der Waals surface area contributed by atoms with Gasteiger partial charge in [0.25, 0.3) is 0 Å². The minimum absolute atomic E-state index is 0.0869. The Morgan fingerprint density at radius 1 is 0.862 bits per heavy atom. The molecule has 3 rings (SSSR count). The summed E-state index contributed by atoms with van der Waals surface area (Å²) >= 11 is 0. The van der Waals surface area contributed by atoms with E-state index in [4.69, 9.17) is 9.73 Å². The van der Waals surface area contributed by atoms with Gasteiger partial charge in [-0.3, -0.25) is 4.99 Å². The van der Waals surface area contributed by atoms with Gasteiger partial charge in [-0.2, -0.15) is 0 Å². The Morgan fingerprint density at radius 3 is 2.21 bits per heavy atom. The van der Waals surface area contributed by atoms with Gasteiger partial charge in [0.1, 0.15) is 11.5 Å². The molecule has 3 nitrogen and oxygen atoms in total. The monoisotopic (exact) mass is 387 g/mol. The summed E-state index contributed by atoms with van der Waals surface area (Å²) in [6.45, 7) is 10.3. The lowest BCUT2D eigenvalue weighted by molar-refractivity contribution is 0.243. The molecule has 0 aliphatic carbocycles. The van der Waals surface area contributed by atoms with Crippen molar-refractivity contribution in [3.8, 4) is 22.6 Å². The Morgan fingerprint density at radius 2 is 1.52 bits per heavy atom. The number of hydrogen-bond acceptors (Lipinski definition) is 3. The van der Waals surface area contributed by atoms with Gasteiger partial charge in [0, 0.05) is 22.9 Å². The lowest BCUT2D eigenvalue weighted by Crippen LogP contribution is -2.11. The molecule has 0 saturated heterocycles. The van der Waals surface area contributed by atoms with E-state index >= 15 is 0 Å². The van der Waals surface area contributed by atoms with Crippen LogP contribution in [0.3, 0.4) is 0 Å². The third-order valence-electron chi connectivity index (χ3n) is 4.66. The van der Waals surface area contributed by atoms with Crippen LogP contribution in [0.15, 0.2) is 71.7 Å².